The van der Waals surface area contributed by atoms with E-state index in [2.05, 4.69) is 17.8 Å². The second-order valence-electron chi connectivity index (χ2n) is 4.68. The highest BCUT2D eigenvalue weighted by atomic mass is 16.5. The molecule has 0 atom stereocenters. The molecular formula is C16H24N2O4. The van der Waals surface area contributed by atoms with E-state index in [0.29, 0.717) is 25.4 Å². The third-order valence-electron chi connectivity index (χ3n) is 2.88. The number of benzene rings is 1. The first-order valence-electron chi connectivity index (χ1n) is 7.57. The van der Waals surface area contributed by atoms with Crippen LogP contribution in [0.25, 0.3) is 0 Å². The van der Waals surface area contributed by atoms with Crippen molar-refractivity contribution in [1.29, 1.82) is 0 Å². The molecule has 6 heteroatoms. The summed E-state index contributed by atoms with van der Waals surface area (Å²) in [5, 5.41) is 0. The number of unbranched alkanes of at least 4 members (excludes halogenated alkanes) is 1. The number of rotatable bonds is 9. The number of hydrogen-bond acceptors (Lipinski definition) is 4. The van der Waals surface area contributed by atoms with Gasteiger partial charge in [0.05, 0.1) is 19.6 Å². The van der Waals surface area contributed by atoms with E-state index in [-0.39, 0.29) is 18.2 Å². The maximum atomic E-state index is 11.9. The standard InChI is InChI=1S/C16H24N2O4/c1-3-5-11-22-14-8-6-13(7-9-14)16(20)18-17-15(19)10-12-21-4-2/h6-9H,3-5,10-12H2,1-2H3,(H,17,19)(H,18,20). The van der Waals surface area contributed by atoms with Crippen LogP contribution in [0.2, 0.25) is 0 Å². The third kappa shape index (κ3) is 7.08. The molecule has 1 aromatic rings. The molecule has 6 nitrogen and oxygen atoms in total. The molecule has 0 saturated carbocycles. The minimum atomic E-state index is -0.370. The summed E-state index contributed by atoms with van der Waals surface area (Å²) in [4.78, 5) is 23.3. The smallest absolute Gasteiger partial charge is 0.269 e. The molecule has 0 bridgehead atoms. The first kappa shape index (κ1) is 18.0. The number of hydrogen-bond donors (Lipinski definition) is 2. The maximum Gasteiger partial charge on any atom is 0.269 e. The van der Waals surface area contributed by atoms with E-state index in [9.17, 15) is 9.59 Å². The topological polar surface area (TPSA) is 76.7 Å². The van der Waals surface area contributed by atoms with Crippen molar-refractivity contribution < 1.29 is 19.1 Å². The molecule has 2 N–H and O–H groups in total. The number of hydrazine groups is 1. The Kier molecular flexibility index (Phi) is 8.67. The van der Waals surface area contributed by atoms with E-state index in [4.69, 9.17) is 9.47 Å². The Morgan fingerprint density at radius 3 is 2.41 bits per heavy atom. The molecule has 0 aliphatic heterocycles. The summed E-state index contributed by atoms with van der Waals surface area (Å²) in [6, 6.07) is 6.79. The highest BCUT2D eigenvalue weighted by Gasteiger charge is 2.07. The Bertz CT molecular complexity index is 460. The van der Waals surface area contributed by atoms with E-state index in [0.717, 1.165) is 18.6 Å². The lowest BCUT2D eigenvalue weighted by Gasteiger charge is -2.09. The molecule has 0 heterocycles. The highest BCUT2D eigenvalue weighted by molar-refractivity contribution is 5.95. The van der Waals surface area contributed by atoms with Crippen LogP contribution in [0.5, 0.6) is 5.75 Å². The molecule has 0 aliphatic rings. The molecule has 0 unspecified atom stereocenters. The van der Waals surface area contributed by atoms with Gasteiger partial charge in [-0.1, -0.05) is 13.3 Å². The number of amides is 2. The van der Waals surface area contributed by atoms with Crippen LogP contribution in [0.4, 0.5) is 0 Å². The van der Waals surface area contributed by atoms with Crippen molar-refractivity contribution >= 4 is 11.8 Å². The number of ether oxygens (including phenoxy) is 2. The van der Waals surface area contributed by atoms with E-state index < -0.39 is 0 Å². The molecule has 0 saturated heterocycles. The van der Waals surface area contributed by atoms with Gasteiger partial charge in [-0.2, -0.15) is 0 Å². The first-order valence-corrected chi connectivity index (χ1v) is 7.57. The summed E-state index contributed by atoms with van der Waals surface area (Å²) in [6.07, 6.45) is 2.28. The molecule has 0 aromatic heterocycles. The minimum absolute atomic E-state index is 0.207. The normalized spacial score (nSPS) is 10.1. The van der Waals surface area contributed by atoms with E-state index in [1.807, 2.05) is 6.92 Å². The quantitative estimate of drug-likeness (QED) is 0.541. The van der Waals surface area contributed by atoms with Crippen LogP contribution in [0.15, 0.2) is 24.3 Å². The zero-order chi connectivity index (χ0) is 16.2. The Morgan fingerprint density at radius 2 is 1.77 bits per heavy atom. The lowest BCUT2D eigenvalue weighted by atomic mass is 10.2. The Labute approximate surface area is 131 Å². The van der Waals surface area contributed by atoms with Gasteiger partial charge in [-0.05, 0) is 37.6 Å². The molecule has 0 spiro atoms. The molecule has 122 valence electrons. The van der Waals surface area contributed by atoms with Crippen LogP contribution in [-0.4, -0.2) is 31.6 Å². The van der Waals surface area contributed by atoms with Crippen molar-refractivity contribution in [2.24, 2.45) is 0 Å². The van der Waals surface area contributed by atoms with Crippen molar-refractivity contribution in [3.05, 3.63) is 29.8 Å². The van der Waals surface area contributed by atoms with Gasteiger partial charge in [0, 0.05) is 12.2 Å². The van der Waals surface area contributed by atoms with Crippen molar-refractivity contribution in [1.82, 2.24) is 10.9 Å². The fourth-order valence-electron chi connectivity index (χ4n) is 1.61. The Balaban J connectivity index is 2.34. The fourth-order valence-corrected chi connectivity index (χ4v) is 1.61. The lowest BCUT2D eigenvalue weighted by molar-refractivity contribution is -0.122. The second-order valence-corrected chi connectivity index (χ2v) is 4.68. The van der Waals surface area contributed by atoms with Gasteiger partial charge < -0.3 is 9.47 Å². The Morgan fingerprint density at radius 1 is 1.05 bits per heavy atom. The van der Waals surface area contributed by atoms with Gasteiger partial charge in [-0.25, -0.2) is 0 Å². The first-order chi connectivity index (χ1) is 10.7. The summed E-state index contributed by atoms with van der Waals surface area (Å²) >= 11 is 0. The monoisotopic (exact) mass is 308 g/mol. The molecular weight excluding hydrogens is 284 g/mol. The van der Waals surface area contributed by atoms with Gasteiger partial charge in [-0.3, -0.25) is 20.4 Å². The summed E-state index contributed by atoms with van der Waals surface area (Å²) in [5.74, 6) is 0.0666. The molecule has 2 amide bonds. The van der Waals surface area contributed by atoms with E-state index >= 15 is 0 Å². The maximum absolute atomic E-state index is 11.9. The molecule has 0 aliphatic carbocycles. The molecule has 22 heavy (non-hydrogen) atoms. The van der Waals surface area contributed by atoms with Crippen LogP contribution in [0.3, 0.4) is 0 Å². The third-order valence-corrected chi connectivity index (χ3v) is 2.88. The number of carbonyl (C=O) groups is 2. The Hall–Kier alpha value is -2.08. The van der Waals surface area contributed by atoms with Crippen LogP contribution in [0.1, 0.15) is 43.5 Å². The fraction of sp³-hybridized carbons (Fsp3) is 0.500. The zero-order valence-electron chi connectivity index (χ0n) is 13.2. The van der Waals surface area contributed by atoms with Crippen LogP contribution in [-0.2, 0) is 9.53 Å². The van der Waals surface area contributed by atoms with E-state index in [1.165, 1.54) is 0 Å². The van der Waals surface area contributed by atoms with Crippen LogP contribution >= 0.6 is 0 Å². The predicted molar refractivity (Wildman–Crippen MR) is 83.6 cm³/mol. The van der Waals surface area contributed by atoms with Crippen molar-refractivity contribution in [3.63, 3.8) is 0 Å². The molecule has 1 aromatic carbocycles. The number of carbonyl (C=O) groups excluding carboxylic acids is 2. The van der Waals surface area contributed by atoms with Crippen LogP contribution in [0, 0.1) is 0 Å². The van der Waals surface area contributed by atoms with Gasteiger partial charge in [0.2, 0.25) is 5.91 Å². The summed E-state index contributed by atoms with van der Waals surface area (Å²) < 4.78 is 10.6. The average Bonchev–Trinajstić information content (AvgIpc) is 2.54. The largest absolute Gasteiger partial charge is 0.494 e. The van der Waals surface area contributed by atoms with Gasteiger partial charge in [0.1, 0.15) is 5.75 Å². The minimum Gasteiger partial charge on any atom is -0.494 e. The second kappa shape index (κ2) is 10.6. The number of nitrogens with one attached hydrogen (secondary N) is 2. The molecule has 1 rings (SSSR count). The van der Waals surface area contributed by atoms with E-state index in [1.54, 1.807) is 24.3 Å². The van der Waals surface area contributed by atoms with Gasteiger partial charge in [0.25, 0.3) is 5.91 Å². The van der Waals surface area contributed by atoms with Crippen molar-refractivity contribution in [2.45, 2.75) is 33.1 Å². The predicted octanol–water partition coefficient (Wildman–Crippen LogP) is 2.05. The average molecular weight is 308 g/mol. The highest BCUT2D eigenvalue weighted by Crippen LogP contribution is 2.12. The summed E-state index contributed by atoms with van der Waals surface area (Å²) in [6.45, 7) is 5.51. The van der Waals surface area contributed by atoms with Gasteiger partial charge in [-0.15, -0.1) is 0 Å². The molecule has 0 fully saturated rings. The van der Waals surface area contributed by atoms with Crippen molar-refractivity contribution in [2.75, 3.05) is 19.8 Å². The molecule has 0 radical (unpaired) electrons. The zero-order valence-corrected chi connectivity index (χ0v) is 13.2. The van der Waals surface area contributed by atoms with Crippen molar-refractivity contribution in [3.8, 4) is 5.75 Å². The summed E-state index contributed by atoms with van der Waals surface area (Å²) in [5.41, 5.74) is 5.16. The SMILES string of the molecule is CCCCOc1ccc(C(=O)NNC(=O)CCOCC)cc1. The van der Waals surface area contributed by atoms with Gasteiger partial charge in [0.15, 0.2) is 0 Å². The van der Waals surface area contributed by atoms with Crippen LogP contribution < -0.4 is 15.6 Å². The summed E-state index contributed by atoms with van der Waals surface area (Å²) in [7, 11) is 0. The lowest BCUT2D eigenvalue weighted by Crippen LogP contribution is -2.41. The van der Waals surface area contributed by atoms with Gasteiger partial charge >= 0.3 is 0 Å².